The molecule has 0 aliphatic carbocycles. The van der Waals surface area contributed by atoms with E-state index in [1.807, 2.05) is 0 Å². The SMILES string of the molecule is Clc1ccc([N]=[Tc]([Cl])([Cl])[Cl])cc1.c1ccc(P(c2ccccc2)c2ccccc2)cc1.c1ccc(P(c2ccccc2)c2ccccc2)cc1. The van der Waals surface area contributed by atoms with Gasteiger partial charge in [-0.3, -0.25) is 0 Å². The van der Waals surface area contributed by atoms with Gasteiger partial charge in [0.2, 0.25) is 0 Å². The second-order valence-electron chi connectivity index (χ2n) is 10.6. The van der Waals surface area contributed by atoms with Gasteiger partial charge in [-0.15, -0.1) is 0 Å². The van der Waals surface area contributed by atoms with Gasteiger partial charge in [-0.2, -0.15) is 0 Å². The van der Waals surface area contributed by atoms with Crippen molar-refractivity contribution in [2.45, 2.75) is 0 Å². The summed E-state index contributed by atoms with van der Waals surface area (Å²) in [5.41, 5.74) is 0.663. The van der Waals surface area contributed by atoms with E-state index in [9.17, 15) is 0 Å². The summed E-state index contributed by atoms with van der Waals surface area (Å²) in [4.78, 5) is 0. The number of benzene rings is 7. The topological polar surface area (TPSA) is 12.4 Å². The molecule has 0 saturated carbocycles. The average molecular weight is 855 g/mol. The van der Waals surface area contributed by atoms with Crippen LogP contribution in [0.15, 0.2) is 210 Å². The van der Waals surface area contributed by atoms with E-state index in [0.717, 1.165) is 0 Å². The Labute approximate surface area is 318 Å². The molecule has 252 valence electrons. The molecule has 0 fully saturated rings. The molecule has 0 aliphatic rings. The van der Waals surface area contributed by atoms with Gasteiger partial charge in [-0.05, 0) is 47.7 Å². The third kappa shape index (κ3) is 12.4. The number of hydrogen-bond acceptors (Lipinski definition) is 1. The Hall–Kier alpha value is -2.99. The van der Waals surface area contributed by atoms with Gasteiger partial charge < -0.3 is 0 Å². The quantitative estimate of drug-likeness (QED) is 0.142. The van der Waals surface area contributed by atoms with E-state index in [1.165, 1.54) is 31.8 Å². The average Bonchev–Trinajstić information content (AvgIpc) is 3.16. The van der Waals surface area contributed by atoms with Crippen LogP contribution in [0.1, 0.15) is 0 Å². The zero-order valence-corrected chi connectivity index (χ0v) is 33.5. The summed E-state index contributed by atoms with van der Waals surface area (Å²) in [5, 5.41) is 9.03. The third-order valence-electron chi connectivity index (χ3n) is 7.11. The van der Waals surface area contributed by atoms with Crippen LogP contribution < -0.4 is 31.8 Å². The van der Waals surface area contributed by atoms with E-state index in [0.29, 0.717) is 10.7 Å². The normalized spacial score (nSPS) is 11.1. The second-order valence-corrected chi connectivity index (χ2v) is 27.6. The zero-order valence-electron chi connectivity index (χ0n) is 26.9. The Morgan fingerprint density at radius 3 is 0.740 bits per heavy atom. The first-order valence-electron chi connectivity index (χ1n) is 15.6. The van der Waals surface area contributed by atoms with Crippen LogP contribution in [0.25, 0.3) is 0 Å². The van der Waals surface area contributed by atoms with Crippen molar-refractivity contribution in [1.82, 2.24) is 0 Å². The summed E-state index contributed by atoms with van der Waals surface area (Å²) < 4.78 is 3.95. The molecular formula is C42H34Cl4NP2Tc. The second kappa shape index (κ2) is 20.2. The minimum absolute atomic E-state index is 0.446. The first-order valence-corrected chi connectivity index (χ1v) is 26.7. The molecule has 7 aromatic carbocycles. The van der Waals surface area contributed by atoms with Gasteiger partial charge >= 0.3 is 91.0 Å². The van der Waals surface area contributed by atoms with Gasteiger partial charge in [0.15, 0.2) is 0 Å². The van der Waals surface area contributed by atoms with Crippen molar-refractivity contribution in [3.63, 3.8) is 0 Å². The van der Waals surface area contributed by atoms with E-state index < -0.39 is 27.9 Å². The van der Waals surface area contributed by atoms with E-state index >= 15 is 0 Å². The van der Waals surface area contributed by atoms with Crippen LogP contribution in [0.4, 0.5) is 5.69 Å². The summed E-state index contributed by atoms with van der Waals surface area (Å²) in [7, 11) is 16.0. The van der Waals surface area contributed by atoms with Crippen LogP contribution in [0.3, 0.4) is 0 Å². The van der Waals surface area contributed by atoms with Crippen LogP contribution in [-0.4, -0.2) is 0 Å². The number of hydrogen-bond donors (Lipinski definition) is 0. The molecule has 0 saturated heterocycles. The number of rotatable bonds is 7. The van der Waals surface area contributed by atoms with Crippen LogP contribution >= 0.6 is 56.2 Å². The van der Waals surface area contributed by atoms with E-state index in [1.54, 1.807) is 24.3 Å². The molecule has 7 aromatic rings. The van der Waals surface area contributed by atoms with E-state index in [4.69, 9.17) is 40.4 Å². The molecular weight excluding hydrogens is 820 g/mol. The van der Waals surface area contributed by atoms with E-state index in [-0.39, 0.29) is 0 Å². The maximum absolute atomic E-state index is 5.66. The standard InChI is InChI=1S/2C18H15P.C6H4ClN.3ClH.Tc/c2*1-4-10-16(11-5-1)19(17-12-6-2-7-13-17)18-14-8-3-9-15-18;7-5-1-3-6(8)4-2-5;;;;/h2*1-15H;1-4H;3*1H;/q;;;;;;+3/p-3. The largest absolute Gasteiger partial charge is 0.0622 e. The minimum Gasteiger partial charge on any atom is -0.0622 e. The van der Waals surface area contributed by atoms with Gasteiger partial charge in [0.25, 0.3) is 0 Å². The van der Waals surface area contributed by atoms with Crippen molar-refractivity contribution >= 4 is 93.7 Å². The maximum atomic E-state index is 5.66. The molecule has 0 amide bonds. The molecule has 0 bridgehead atoms. The fourth-order valence-electron chi connectivity index (χ4n) is 4.96. The molecule has 0 spiro atoms. The monoisotopic (exact) mass is 851 g/mol. The molecule has 8 heteroatoms. The summed E-state index contributed by atoms with van der Waals surface area (Å²) in [6.45, 7) is 0. The predicted molar refractivity (Wildman–Crippen MR) is 221 cm³/mol. The van der Waals surface area contributed by atoms with E-state index in [2.05, 4.69) is 186 Å². The van der Waals surface area contributed by atoms with Crippen LogP contribution in [0, 0.1) is 0 Å². The first-order chi connectivity index (χ1) is 24.4. The number of nitrogens with zero attached hydrogens (tertiary/aromatic N) is 1. The molecule has 0 aromatic heterocycles. The molecule has 0 atom stereocenters. The van der Waals surface area contributed by atoms with Crippen LogP contribution in [0.2, 0.25) is 5.02 Å². The predicted octanol–water partition coefficient (Wildman–Crippen LogP) is 11.7. The fraction of sp³-hybridized carbons (Fsp3) is 0. The molecule has 0 aliphatic heterocycles. The number of halogens is 4. The van der Waals surface area contributed by atoms with Crippen molar-refractivity contribution in [3.05, 3.63) is 211 Å². The molecule has 0 N–H and O–H groups in total. The van der Waals surface area contributed by atoms with Gasteiger partial charge in [0.1, 0.15) is 0 Å². The third-order valence-corrected chi connectivity index (χ3v) is 14.3. The summed E-state index contributed by atoms with van der Waals surface area (Å²) in [6.07, 6.45) is 0. The first kappa shape index (κ1) is 38.2. The Morgan fingerprint density at radius 1 is 0.320 bits per heavy atom. The van der Waals surface area contributed by atoms with Gasteiger partial charge in [-0.25, -0.2) is 0 Å². The Morgan fingerprint density at radius 2 is 0.540 bits per heavy atom. The summed E-state index contributed by atoms with van der Waals surface area (Å²) in [5.74, 6) is 0. The summed E-state index contributed by atoms with van der Waals surface area (Å²) in [6, 6.07) is 71.5. The molecule has 50 heavy (non-hydrogen) atoms. The molecule has 1 nitrogen and oxygen atoms in total. The maximum Gasteiger partial charge on any atom is -0.0134 e. The van der Waals surface area contributed by atoms with Crippen molar-refractivity contribution in [1.29, 1.82) is 0 Å². The van der Waals surface area contributed by atoms with Crippen LogP contribution in [0.5, 0.6) is 0 Å². The minimum atomic E-state index is -3.31. The Bertz CT molecular complexity index is 1720. The zero-order chi connectivity index (χ0) is 35.0. The molecule has 0 unspecified atom stereocenters. The van der Waals surface area contributed by atoms with Crippen LogP contribution in [-0.2, 0) is 12.1 Å². The summed E-state index contributed by atoms with van der Waals surface area (Å²) >= 11 is 2.35. The van der Waals surface area contributed by atoms with Crippen molar-refractivity contribution in [2.75, 3.05) is 0 Å². The molecule has 0 heterocycles. The Kier molecular flexibility index (Phi) is 15.4. The van der Waals surface area contributed by atoms with Gasteiger partial charge in [-0.1, -0.05) is 182 Å². The van der Waals surface area contributed by atoms with Gasteiger partial charge in [0, 0.05) is 0 Å². The van der Waals surface area contributed by atoms with Crippen molar-refractivity contribution in [3.8, 4) is 0 Å². The van der Waals surface area contributed by atoms with Gasteiger partial charge in [0.05, 0.1) is 0 Å². The van der Waals surface area contributed by atoms with Crippen molar-refractivity contribution in [2.24, 2.45) is 3.61 Å². The Balaban J connectivity index is 0.000000150. The van der Waals surface area contributed by atoms with Crippen molar-refractivity contribution < 1.29 is 12.1 Å². The smallest absolute Gasteiger partial charge is 0.0134 e. The molecule has 0 radical (unpaired) electrons. The molecule has 7 rings (SSSR count). The fourth-order valence-corrected chi connectivity index (χ4v) is 11.8.